The number of unbranched alkanes of at least 4 members (excludes halogenated alkanes) is 12. The lowest BCUT2D eigenvalue weighted by atomic mass is 9.89. The summed E-state index contributed by atoms with van der Waals surface area (Å²) in [6, 6.07) is 0. The van der Waals surface area contributed by atoms with Crippen LogP contribution in [0.2, 0.25) is 0 Å². The average molecular weight is 617 g/mol. The molecule has 0 radical (unpaired) electrons. The molecule has 10 heteroatoms. The fourth-order valence-electron chi connectivity index (χ4n) is 5.43. The van der Waals surface area contributed by atoms with Crippen LogP contribution in [-0.4, -0.2) is 69.0 Å². The first-order valence-electron chi connectivity index (χ1n) is 17.3. The molecule has 4 unspecified atom stereocenters. The monoisotopic (exact) mass is 617 g/mol. The van der Waals surface area contributed by atoms with E-state index in [9.17, 15) is 20.1 Å². The van der Waals surface area contributed by atoms with E-state index in [0.717, 1.165) is 43.8 Å². The predicted octanol–water partition coefficient (Wildman–Crippen LogP) is 6.61. The van der Waals surface area contributed by atoms with Crippen molar-refractivity contribution in [1.29, 1.82) is 0 Å². The quantitative estimate of drug-likeness (QED) is 0.0258. The lowest BCUT2D eigenvalue weighted by molar-refractivity contribution is -0.448. The summed E-state index contributed by atoms with van der Waals surface area (Å²) in [7, 11) is 0. The second kappa shape index (κ2) is 25.8. The highest BCUT2D eigenvalue weighted by Crippen LogP contribution is 2.33. The summed E-state index contributed by atoms with van der Waals surface area (Å²) < 4.78 is 0. The highest BCUT2D eigenvalue weighted by molar-refractivity contribution is 5.78. The van der Waals surface area contributed by atoms with Crippen LogP contribution in [0.15, 0.2) is 4.99 Å². The van der Waals surface area contributed by atoms with Crippen molar-refractivity contribution >= 4 is 11.9 Å². The van der Waals surface area contributed by atoms with Gasteiger partial charge in [-0.1, -0.05) is 117 Å². The van der Waals surface area contributed by atoms with E-state index in [-0.39, 0.29) is 25.3 Å². The van der Waals surface area contributed by atoms with Crippen LogP contribution in [0.3, 0.4) is 0 Å². The van der Waals surface area contributed by atoms with E-state index in [1.807, 2.05) is 6.92 Å². The SMILES string of the molecule is CCCCCCCCCC(ON(OC(CCCCCCCCC)C(C)O)[C@@](CCC)(CCCN=C(N)N)C(=O)O)C(C)O. The van der Waals surface area contributed by atoms with Gasteiger partial charge < -0.3 is 26.8 Å². The average Bonchev–Trinajstić information content (AvgIpc) is 2.95. The van der Waals surface area contributed by atoms with Gasteiger partial charge in [-0.25, -0.2) is 0 Å². The Morgan fingerprint density at radius 1 is 0.698 bits per heavy atom. The Morgan fingerprint density at radius 2 is 1.12 bits per heavy atom. The van der Waals surface area contributed by atoms with Gasteiger partial charge in [0.25, 0.3) is 0 Å². The number of aliphatic carboxylic acids is 1. The van der Waals surface area contributed by atoms with Crippen molar-refractivity contribution in [2.24, 2.45) is 16.5 Å². The van der Waals surface area contributed by atoms with Gasteiger partial charge in [0.05, 0.1) is 12.2 Å². The molecule has 5 atom stereocenters. The fourth-order valence-corrected chi connectivity index (χ4v) is 5.43. The van der Waals surface area contributed by atoms with Crippen molar-refractivity contribution < 1.29 is 29.8 Å². The molecule has 0 amide bonds. The summed E-state index contributed by atoms with van der Waals surface area (Å²) in [6.07, 6.45) is 15.2. The summed E-state index contributed by atoms with van der Waals surface area (Å²) in [5, 5.41) is 33.2. The molecule has 0 rings (SSSR count). The van der Waals surface area contributed by atoms with Crippen molar-refractivity contribution in [2.45, 2.75) is 193 Å². The number of aliphatic hydroxyl groups excluding tert-OH is 2. The molecule has 0 aromatic rings. The van der Waals surface area contributed by atoms with Crippen LogP contribution in [0.4, 0.5) is 0 Å². The molecule has 0 aliphatic heterocycles. The van der Waals surface area contributed by atoms with Gasteiger partial charge in [0.2, 0.25) is 0 Å². The number of aliphatic hydroxyl groups is 2. The van der Waals surface area contributed by atoms with Crippen LogP contribution in [0.1, 0.15) is 163 Å². The normalized spacial score (nSPS) is 16.0. The Balaban J connectivity index is 5.92. The predicted molar refractivity (Wildman–Crippen MR) is 175 cm³/mol. The van der Waals surface area contributed by atoms with E-state index in [1.165, 1.54) is 51.4 Å². The van der Waals surface area contributed by atoms with Gasteiger partial charge in [-0.05, 0) is 51.2 Å². The number of carbonyl (C=O) groups is 1. The third kappa shape index (κ3) is 18.8. The third-order valence-electron chi connectivity index (χ3n) is 8.18. The van der Waals surface area contributed by atoms with E-state index in [0.29, 0.717) is 25.7 Å². The summed E-state index contributed by atoms with van der Waals surface area (Å²) in [5.41, 5.74) is 9.45. The summed E-state index contributed by atoms with van der Waals surface area (Å²) in [4.78, 5) is 29.8. The first kappa shape index (κ1) is 41.5. The molecular formula is C33H68N4O6. The highest BCUT2D eigenvalue weighted by Gasteiger charge is 2.48. The Kier molecular flexibility index (Phi) is 24.9. The molecule has 0 aliphatic rings. The van der Waals surface area contributed by atoms with E-state index in [4.69, 9.17) is 21.1 Å². The Morgan fingerprint density at radius 3 is 1.47 bits per heavy atom. The van der Waals surface area contributed by atoms with E-state index >= 15 is 0 Å². The van der Waals surface area contributed by atoms with Gasteiger partial charge in [-0.3, -0.25) is 19.5 Å². The largest absolute Gasteiger partial charge is 0.480 e. The molecule has 10 nitrogen and oxygen atoms in total. The van der Waals surface area contributed by atoms with E-state index in [1.54, 1.807) is 13.8 Å². The lowest BCUT2D eigenvalue weighted by Gasteiger charge is -2.42. The Bertz CT molecular complexity index is 673. The molecule has 256 valence electrons. The van der Waals surface area contributed by atoms with Gasteiger partial charge in [0.15, 0.2) is 11.5 Å². The van der Waals surface area contributed by atoms with E-state index in [2.05, 4.69) is 18.8 Å². The smallest absolute Gasteiger partial charge is 0.329 e. The number of nitrogens with zero attached hydrogens (tertiary/aromatic N) is 2. The topological polar surface area (TPSA) is 164 Å². The second-order valence-electron chi connectivity index (χ2n) is 12.3. The molecule has 43 heavy (non-hydrogen) atoms. The first-order chi connectivity index (χ1) is 20.5. The maximum Gasteiger partial charge on any atom is 0.329 e. The lowest BCUT2D eigenvalue weighted by Crippen LogP contribution is -2.58. The zero-order valence-electron chi connectivity index (χ0n) is 28.3. The highest BCUT2D eigenvalue weighted by atomic mass is 17.0. The number of aliphatic imine (C=N–C) groups is 1. The summed E-state index contributed by atoms with van der Waals surface area (Å²) in [6.45, 7) is 9.91. The zero-order chi connectivity index (χ0) is 32.5. The van der Waals surface area contributed by atoms with Crippen LogP contribution in [0.25, 0.3) is 0 Å². The van der Waals surface area contributed by atoms with Gasteiger partial charge in [-0.15, -0.1) is 0 Å². The molecule has 0 aromatic heterocycles. The number of guanidine groups is 1. The number of nitrogens with two attached hydrogens (primary N) is 2. The molecule has 0 fully saturated rings. The minimum atomic E-state index is -1.55. The summed E-state index contributed by atoms with van der Waals surface area (Å²) in [5.74, 6) is -1.13. The molecule has 0 aliphatic carbocycles. The van der Waals surface area contributed by atoms with Crippen LogP contribution in [-0.2, 0) is 14.5 Å². The van der Waals surface area contributed by atoms with Crippen molar-refractivity contribution in [3.63, 3.8) is 0 Å². The number of hydroxylamine groups is 2. The Labute approximate surface area is 262 Å². The first-order valence-corrected chi connectivity index (χ1v) is 17.3. The molecule has 7 N–H and O–H groups in total. The molecule has 0 heterocycles. The van der Waals surface area contributed by atoms with E-state index < -0.39 is 35.9 Å². The van der Waals surface area contributed by atoms with Crippen molar-refractivity contribution in [2.75, 3.05) is 6.54 Å². The molecule has 0 aromatic carbocycles. The van der Waals surface area contributed by atoms with Gasteiger partial charge >= 0.3 is 5.97 Å². The maximum atomic E-state index is 13.0. The molecule has 0 bridgehead atoms. The van der Waals surface area contributed by atoms with Crippen LogP contribution < -0.4 is 11.5 Å². The molecule has 0 saturated heterocycles. The van der Waals surface area contributed by atoms with Crippen molar-refractivity contribution in [1.82, 2.24) is 5.23 Å². The van der Waals surface area contributed by atoms with Crippen molar-refractivity contribution in [3.8, 4) is 0 Å². The minimum absolute atomic E-state index is 0.0477. The van der Waals surface area contributed by atoms with Gasteiger partial charge in [0, 0.05) is 6.54 Å². The zero-order valence-corrected chi connectivity index (χ0v) is 28.3. The van der Waals surface area contributed by atoms with Crippen molar-refractivity contribution in [3.05, 3.63) is 0 Å². The Hall–Kier alpha value is -1.46. The second-order valence-corrected chi connectivity index (χ2v) is 12.3. The number of rotatable bonds is 30. The minimum Gasteiger partial charge on any atom is -0.480 e. The maximum absolute atomic E-state index is 13.0. The van der Waals surface area contributed by atoms with Crippen LogP contribution in [0.5, 0.6) is 0 Å². The summed E-state index contributed by atoms with van der Waals surface area (Å²) >= 11 is 0. The molecule has 0 saturated carbocycles. The molecule has 0 spiro atoms. The number of hydrogen-bond acceptors (Lipinski definition) is 7. The number of carboxylic acid groups (broad SMARTS) is 1. The number of carboxylic acids is 1. The molecular weight excluding hydrogens is 548 g/mol. The third-order valence-corrected chi connectivity index (χ3v) is 8.18. The standard InChI is InChI=1S/C33H68N4O6/c1-6-9-11-13-15-17-19-22-29(27(4)38)42-37(33(24-8-3,31(40)41)25-21-26-36-32(34)35)43-30(28(5)39)23-20-18-16-14-12-10-7-2/h27-30,38-39H,6-26H2,1-5H3,(H,40,41)(H4,34,35,36)/t27?,28?,29?,30?,33-/m0/s1. The van der Waals surface area contributed by atoms with Crippen LogP contribution >= 0.6 is 0 Å². The fraction of sp³-hybridized carbons (Fsp3) is 0.939. The van der Waals surface area contributed by atoms with Gasteiger partial charge in [0.1, 0.15) is 12.2 Å². The number of hydrogen-bond donors (Lipinski definition) is 5. The van der Waals surface area contributed by atoms with Crippen LogP contribution in [0, 0.1) is 0 Å². The van der Waals surface area contributed by atoms with Gasteiger partial charge in [-0.2, -0.15) is 0 Å².